The molecule has 0 radical (unpaired) electrons. The highest BCUT2D eigenvalue weighted by Gasteiger charge is 2.10. The van der Waals surface area contributed by atoms with Crippen LogP contribution in [0.4, 0.5) is 0 Å². The first-order valence-electron chi connectivity index (χ1n) is 10.5. The molecule has 2 unspecified atom stereocenters. The van der Waals surface area contributed by atoms with E-state index in [0.717, 1.165) is 38.5 Å². The van der Waals surface area contributed by atoms with Crippen LogP contribution in [0.25, 0.3) is 0 Å². The smallest absolute Gasteiger partial charge is 0.220 e. The van der Waals surface area contributed by atoms with Crippen LogP contribution in [0.1, 0.15) is 79.1 Å². The summed E-state index contributed by atoms with van der Waals surface area (Å²) < 4.78 is 0. The zero-order valence-corrected chi connectivity index (χ0v) is 17.9. The lowest BCUT2D eigenvalue weighted by Gasteiger charge is -2.21. The molecule has 0 spiro atoms. The Labute approximate surface area is 166 Å². The summed E-state index contributed by atoms with van der Waals surface area (Å²) in [6.07, 6.45) is 15.6. The van der Waals surface area contributed by atoms with Crippen LogP contribution in [-0.4, -0.2) is 37.0 Å². The molecule has 0 heterocycles. The fraction of sp³-hybridized carbons (Fsp3) is 0.727. The Kier molecular flexibility index (Phi) is 16.7. The van der Waals surface area contributed by atoms with Gasteiger partial charge in [-0.15, -0.1) is 0 Å². The molecule has 2 amide bonds. The summed E-state index contributed by atoms with van der Waals surface area (Å²) in [6.45, 7) is 9.34. The minimum atomic E-state index is 0.114. The van der Waals surface area contributed by atoms with E-state index in [4.69, 9.17) is 0 Å². The topological polar surface area (TPSA) is 70.2 Å². The first-order chi connectivity index (χ1) is 13.0. The van der Waals surface area contributed by atoms with Crippen LogP contribution in [0.3, 0.4) is 0 Å². The molecule has 0 aromatic heterocycles. The number of carbonyl (C=O) groups excluding carboxylic acids is 2. The molecule has 0 aliphatic carbocycles. The van der Waals surface area contributed by atoms with E-state index in [9.17, 15) is 9.59 Å². The minimum absolute atomic E-state index is 0.114. The summed E-state index contributed by atoms with van der Waals surface area (Å²) in [7, 11) is 0. The summed E-state index contributed by atoms with van der Waals surface area (Å²) in [4.78, 5) is 23.7. The van der Waals surface area contributed by atoms with Crippen molar-refractivity contribution in [1.29, 1.82) is 0 Å². The molecule has 3 N–H and O–H groups in total. The van der Waals surface area contributed by atoms with Gasteiger partial charge in [-0.2, -0.15) is 0 Å². The first-order valence-corrected chi connectivity index (χ1v) is 10.5. The number of nitrogens with one attached hydrogen (secondary N) is 3. The summed E-state index contributed by atoms with van der Waals surface area (Å²) in [5.41, 5.74) is 0. The van der Waals surface area contributed by atoms with Gasteiger partial charge in [0.1, 0.15) is 0 Å². The van der Waals surface area contributed by atoms with Crippen molar-refractivity contribution in [2.24, 2.45) is 0 Å². The molecule has 0 aromatic carbocycles. The third kappa shape index (κ3) is 17.5. The van der Waals surface area contributed by atoms with Gasteiger partial charge >= 0.3 is 0 Å². The molecule has 27 heavy (non-hydrogen) atoms. The van der Waals surface area contributed by atoms with Gasteiger partial charge in [-0.3, -0.25) is 9.59 Å². The number of amides is 2. The van der Waals surface area contributed by atoms with Crippen molar-refractivity contribution in [1.82, 2.24) is 16.0 Å². The SMILES string of the molecule is C/C=C/CCCCC(=O)NCC(C)NC(C)CNC(=O)CCCC/C=C/C. The zero-order valence-electron chi connectivity index (χ0n) is 17.9. The fourth-order valence-electron chi connectivity index (χ4n) is 2.74. The minimum Gasteiger partial charge on any atom is -0.355 e. The standard InChI is InChI=1S/C22H41N3O2/c1-5-7-9-11-13-15-21(26)23-17-19(3)25-20(4)18-24-22(27)16-14-12-10-8-6-2/h5-8,19-20,25H,9-18H2,1-4H3,(H,23,26)(H,24,27)/b7-5+,8-6+. The maximum atomic E-state index is 11.8. The van der Waals surface area contributed by atoms with E-state index >= 15 is 0 Å². The molecule has 0 rings (SSSR count). The molecular formula is C22H41N3O2. The number of hydrogen-bond donors (Lipinski definition) is 3. The number of unbranched alkanes of at least 4 members (excludes halogenated alkanes) is 4. The van der Waals surface area contributed by atoms with Crippen LogP contribution in [0.2, 0.25) is 0 Å². The number of carbonyl (C=O) groups is 2. The van der Waals surface area contributed by atoms with Gasteiger partial charge in [-0.1, -0.05) is 24.3 Å². The van der Waals surface area contributed by atoms with Crippen molar-refractivity contribution < 1.29 is 9.59 Å². The lowest BCUT2D eigenvalue weighted by Crippen LogP contribution is -2.47. The Morgan fingerprint density at radius 2 is 1.15 bits per heavy atom. The van der Waals surface area contributed by atoms with E-state index < -0.39 is 0 Å². The van der Waals surface area contributed by atoms with Crippen LogP contribution >= 0.6 is 0 Å². The summed E-state index contributed by atoms with van der Waals surface area (Å²) in [5, 5.41) is 9.36. The highest BCUT2D eigenvalue weighted by molar-refractivity contribution is 5.76. The highest BCUT2D eigenvalue weighted by Crippen LogP contribution is 2.01. The summed E-state index contributed by atoms with van der Waals surface area (Å²) >= 11 is 0. The Morgan fingerprint density at radius 3 is 1.52 bits per heavy atom. The summed E-state index contributed by atoms with van der Waals surface area (Å²) in [5.74, 6) is 0.228. The Hall–Kier alpha value is -1.62. The van der Waals surface area contributed by atoms with E-state index in [1.807, 2.05) is 39.8 Å². The maximum Gasteiger partial charge on any atom is 0.220 e. The second kappa shape index (κ2) is 17.8. The van der Waals surface area contributed by atoms with Crippen molar-refractivity contribution in [3.63, 3.8) is 0 Å². The fourth-order valence-corrected chi connectivity index (χ4v) is 2.74. The molecule has 0 aliphatic heterocycles. The maximum absolute atomic E-state index is 11.8. The average molecular weight is 380 g/mol. The number of allylic oxidation sites excluding steroid dienone is 4. The molecule has 0 saturated heterocycles. The van der Waals surface area contributed by atoms with Crippen LogP contribution in [-0.2, 0) is 9.59 Å². The third-order valence-electron chi connectivity index (χ3n) is 4.30. The Balaban J connectivity index is 3.71. The number of hydrogen-bond acceptors (Lipinski definition) is 3. The Bertz CT molecular complexity index is 407. The van der Waals surface area contributed by atoms with Crippen LogP contribution in [0.5, 0.6) is 0 Å². The monoisotopic (exact) mass is 379 g/mol. The van der Waals surface area contributed by atoms with Crippen molar-refractivity contribution in [3.05, 3.63) is 24.3 Å². The summed E-state index contributed by atoms with van der Waals surface area (Å²) in [6, 6.07) is 0.342. The van der Waals surface area contributed by atoms with Gasteiger partial charge in [-0.05, 0) is 66.2 Å². The lowest BCUT2D eigenvalue weighted by molar-refractivity contribution is -0.121. The molecule has 0 aromatic rings. The molecular weight excluding hydrogens is 338 g/mol. The van der Waals surface area contributed by atoms with E-state index in [1.165, 1.54) is 0 Å². The van der Waals surface area contributed by atoms with E-state index in [1.54, 1.807) is 0 Å². The second-order valence-electron chi connectivity index (χ2n) is 7.21. The Morgan fingerprint density at radius 1 is 0.741 bits per heavy atom. The van der Waals surface area contributed by atoms with Crippen LogP contribution in [0, 0.1) is 0 Å². The van der Waals surface area contributed by atoms with Gasteiger partial charge in [0, 0.05) is 38.0 Å². The highest BCUT2D eigenvalue weighted by atomic mass is 16.2. The predicted molar refractivity (Wildman–Crippen MR) is 115 cm³/mol. The van der Waals surface area contributed by atoms with Gasteiger partial charge in [0.05, 0.1) is 0 Å². The molecule has 0 aliphatic rings. The van der Waals surface area contributed by atoms with Crippen molar-refractivity contribution in [3.8, 4) is 0 Å². The predicted octanol–water partition coefficient (Wildman–Crippen LogP) is 3.86. The molecule has 0 bridgehead atoms. The van der Waals surface area contributed by atoms with Crippen molar-refractivity contribution >= 4 is 11.8 Å². The molecule has 0 saturated carbocycles. The quantitative estimate of drug-likeness (QED) is 0.282. The van der Waals surface area contributed by atoms with Gasteiger partial charge in [0.2, 0.25) is 11.8 Å². The van der Waals surface area contributed by atoms with Gasteiger partial charge in [-0.25, -0.2) is 0 Å². The van der Waals surface area contributed by atoms with E-state index in [2.05, 4.69) is 28.1 Å². The van der Waals surface area contributed by atoms with E-state index in [0.29, 0.717) is 25.9 Å². The lowest BCUT2D eigenvalue weighted by atomic mass is 10.1. The second-order valence-corrected chi connectivity index (χ2v) is 7.21. The van der Waals surface area contributed by atoms with Gasteiger partial charge in [0.15, 0.2) is 0 Å². The largest absolute Gasteiger partial charge is 0.355 e. The average Bonchev–Trinajstić information content (AvgIpc) is 2.64. The van der Waals surface area contributed by atoms with Gasteiger partial charge in [0.25, 0.3) is 0 Å². The molecule has 2 atom stereocenters. The molecule has 5 nitrogen and oxygen atoms in total. The normalized spacial score (nSPS) is 13.8. The van der Waals surface area contributed by atoms with Crippen molar-refractivity contribution in [2.45, 2.75) is 91.1 Å². The molecule has 0 fully saturated rings. The van der Waals surface area contributed by atoms with E-state index in [-0.39, 0.29) is 23.9 Å². The first kappa shape index (κ1) is 25.4. The number of rotatable bonds is 16. The molecule has 5 heteroatoms. The van der Waals surface area contributed by atoms with Crippen molar-refractivity contribution in [2.75, 3.05) is 13.1 Å². The van der Waals surface area contributed by atoms with Gasteiger partial charge < -0.3 is 16.0 Å². The van der Waals surface area contributed by atoms with Crippen LogP contribution < -0.4 is 16.0 Å². The third-order valence-corrected chi connectivity index (χ3v) is 4.30. The molecule has 156 valence electrons. The van der Waals surface area contributed by atoms with Crippen LogP contribution in [0.15, 0.2) is 24.3 Å². The zero-order chi connectivity index (χ0) is 20.3.